The van der Waals surface area contributed by atoms with E-state index < -0.39 is 12.1 Å². The summed E-state index contributed by atoms with van der Waals surface area (Å²) in [4.78, 5) is 37.6. The Bertz CT molecular complexity index is 1570. The van der Waals surface area contributed by atoms with E-state index in [9.17, 15) is 14.4 Å². The van der Waals surface area contributed by atoms with Gasteiger partial charge in [-0.25, -0.2) is 0 Å². The third-order valence-electron chi connectivity index (χ3n) is 10.1. The Labute approximate surface area is 409 Å². The summed E-state index contributed by atoms with van der Waals surface area (Å²) in [7, 11) is 0. The second-order valence-electron chi connectivity index (χ2n) is 16.3. The molecule has 6 nitrogen and oxygen atoms in total. The van der Waals surface area contributed by atoms with Gasteiger partial charge in [-0.1, -0.05) is 217 Å². The lowest BCUT2D eigenvalue weighted by Crippen LogP contribution is -2.30. The van der Waals surface area contributed by atoms with E-state index in [2.05, 4.69) is 167 Å². The maximum Gasteiger partial charge on any atom is 0.310 e. The summed E-state index contributed by atoms with van der Waals surface area (Å²) in [6, 6.07) is 0. The molecule has 1 atom stereocenters. The Morgan fingerprint density at radius 2 is 0.627 bits per heavy atom. The first-order valence-corrected chi connectivity index (χ1v) is 26.0. The number of hydrogen-bond acceptors (Lipinski definition) is 6. The van der Waals surface area contributed by atoms with E-state index in [0.717, 1.165) is 141 Å². The number of unbranched alkanes of at least 4 members (excludes halogenated alkanes) is 8. The Hall–Kier alpha value is -4.97. The second kappa shape index (κ2) is 53.6. The molecular formula is C61H92O6. The Morgan fingerprint density at radius 3 is 0.970 bits per heavy atom. The molecule has 0 aromatic heterocycles. The van der Waals surface area contributed by atoms with Gasteiger partial charge in [-0.15, -0.1) is 0 Å². The van der Waals surface area contributed by atoms with Gasteiger partial charge in [0.1, 0.15) is 13.2 Å². The van der Waals surface area contributed by atoms with Crippen molar-refractivity contribution in [2.75, 3.05) is 13.2 Å². The van der Waals surface area contributed by atoms with Gasteiger partial charge in [0, 0.05) is 12.8 Å². The van der Waals surface area contributed by atoms with Gasteiger partial charge in [0.05, 0.1) is 6.42 Å². The highest BCUT2D eigenvalue weighted by Gasteiger charge is 2.19. The first kappa shape index (κ1) is 62.0. The molecular weight excluding hydrogens is 829 g/mol. The molecule has 0 aliphatic heterocycles. The van der Waals surface area contributed by atoms with Crippen LogP contribution in [0, 0.1) is 0 Å². The van der Waals surface area contributed by atoms with Gasteiger partial charge in [-0.2, -0.15) is 0 Å². The van der Waals surface area contributed by atoms with Crippen molar-refractivity contribution in [3.05, 3.63) is 158 Å². The van der Waals surface area contributed by atoms with Crippen molar-refractivity contribution in [1.29, 1.82) is 0 Å². The van der Waals surface area contributed by atoms with Crippen molar-refractivity contribution in [2.24, 2.45) is 0 Å². The Balaban J connectivity index is 4.30. The fourth-order valence-corrected chi connectivity index (χ4v) is 6.24. The van der Waals surface area contributed by atoms with Gasteiger partial charge < -0.3 is 14.2 Å². The molecule has 6 heteroatoms. The summed E-state index contributed by atoms with van der Waals surface area (Å²) in [5.74, 6) is -1.12. The molecule has 0 aliphatic rings. The molecule has 0 aliphatic carbocycles. The lowest BCUT2D eigenvalue weighted by molar-refractivity contribution is -0.166. The van der Waals surface area contributed by atoms with Crippen LogP contribution < -0.4 is 0 Å². The Morgan fingerprint density at radius 1 is 0.328 bits per heavy atom. The number of ether oxygens (including phenoxy) is 3. The highest BCUT2D eigenvalue weighted by molar-refractivity contribution is 5.72. The first-order valence-electron chi connectivity index (χ1n) is 26.0. The molecule has 1 unspecified atom stereocenters. The van der Waals surface area contributed by atoms with Gasteiger partial charge in [0.15, 0.2) is 6.10 Å². The van der Waals surface area contributed by atoms with Crippen molar-refractivity contribution < 1.29 is 28.6 Å². The largest absolute Gasteiger partial charge is 0.462 e. The van der Waals surface area contributed by atoms with Crippen molar-refractivity contribution in [2.45, 2.75) is 194 Å². The third-order valence-corrected chi connectivity index (χ3v) is 10.1. The van der Waals surface area contributed by atoms with E-state index >= 15 is 0 Å². The maximum absolute atomic E-state index is 12.7. The lowest BCUT2D eigenvalue weighted by atomic mass is 10.1. The molecule has 372 valence electrons. The summed E-state index contributed by atoms with van der Waals surface area (Å²) in [6.07, 6.45) is 78.7. The Kier molecular flexibility index (Phi) is 49.7. The standard InChI is InChI=1S/C61H92O6/c1-4-7-10-13-15-17-19-21-23-24-25-26-27-28-29-30-31-32-33-34-35-36-38-39-41-43-45-48-51-54-60(63)66-57-58(56-65-59(62)53-50-47-12-9-6-3)67-61(64)55-52-49-46-44-42-40-37-22-20-18-16-14-11-8-5-2/h7-8,10-11,15-18,21-23,25-26,28-29,31-32,34-35,37-39,42,44,49,52,58H,4-6,9,12-14,19-20,24,27,30,33,36,40-41,43,45-48,50-51,53-57H2,1-3H3/b10-7-,11-8-,17-15-,18-16-,23-21-,26-25-,29-28-,32-31-,35-34-,37-22-,39-38-,44-42-,52-49-. The highest BCUT2D eigenvalue weighted by atomic mass is 16.6. The lowest BCUT2D eigenvalue weighted by Gasteiger charge is -2.18. The number of allylic oxidation sites excluding steroid dienone is 25. The summed E-state index contributed by atoms with van der Waals surface area (Å²) in [6.45, 7) is 6.18. The van der Waals surface area contributed by atoms with E-state index in [1.165, 1.54) is 0 Å². The van der Waals surface area contributed by atoms with Crippen LogP contribution >= 0.6 is 0 Å². The summed E-state index contributed by atoms with van der Waals surface area (Å²) in [5, 5.41) is 0. The minimum Gasteiger partial charge on any atom is -0.462 e. The van der Waals surface area contributed by atoms with E-state index in [0.29, 0.717) is 19.3 Å². The van der Waals surface area contributed by atoms with E-state index in [1.807, 2.05) is 6.08 Å². The molecule has 0 saturated heterocycles. The van der Waals surface area contributed by atoms with Crippen LogP contribution in [-0.2, 0) is 28.6 Å². The molecule has 0 heterocycles. The minimum absolute atomic E-state index is 0.0836. The van der Waals surface area contributed by atoms with Crippen LogP contribution in [0.25, 0.3) is 0 Å². The molecule has 0 amide bonds. The number of rotatable bonds is 44. The smallest absolute Gasteiger partial charge is 0.310 e. The fourth-order valence-electron chi connectivity index (χ4n) is 6.24. The monoisotopic (exact) mass is 921 g/mol. The zero-order valence-corrected chi connectivity index (χ0v) is 42.3. The highest BCUT2D eigenvalue weighted by Crippen LogP contribution is 2.10. The van der Waals surface area contributed by atoms with Crippen molar-refractivity contribution >= 4 is 17.9 Å². The van der Waals surface area contributed by atoms with Crippen molar-refractivity contribution in [3.63, 3.8) is 0 Å². The molecule has 0 N–H and O–H groups in total. The molecule has 0 aromatic carbocycles. The van der Waals surface area contributed by atoms with E-state index in [1.54, 1.807) is 6.08 Å². The molecule has 0 fully saturated rings. The zero-order chi connectivity index (χ0) is 48.6. The van der Waals surface area contributed by atoms with Crippen LogP contribution in [0.5, 0.6) is 0 Å². The first-order chi connectivity index (χ1) is 33.0. The number of carbonyl (C=O) groups excluding carboxylic acids is 3. The van der Waals surface area contributed by atoms with Crippen molar-refractivity contribution in [3.8, 4) is 0 Å². The summed E-state index contributed by atoms with van der Waals surface area (Å²) >= 11 is 0. The normalized spacial score (nSPS) is 13.4. The number of hydrogen-bond donors (Lipinski definition) is 0. The van der Waals surface area contributed by atoms with Gasteiger partial charge in [-0.3, -0.25) is 14.4 Å². The van der Waals surface area contributed by atoms with Gasteiger partial charge in [0.2, 0.25) is 0 Å². The van der Waals surface area contributed by atoms with Crippen LogP contribution in [0.3, 0.4) is 0 Å². The molecule has 67 heavy (non-hydrogen) atoms. The van der Waals surface area contributed by atoms with Crippen LogP contribution in [-0.4, -0.2) is 37.2 Å². The SMILES string of the molecule is CC/C=C\C/C=C\C/C=C\C/C=C\C/C=C\C/C=C\C/C=C\C/C=C\CCCCCCC(=O)OCC(COC(=O)CCCCCCC)OC(=O)C/C=C\C/C=C\C/C=C\C/C=C\C/C=C\CC. The van der Waals surface area contributed by atoms with E-state index in [4.69, 9.17) is 14.2 Å². The third kappa shape index (κ3) is 51.9. The van der Waals surface area contributed by atoms with Crippen LogP contribution in [0.2, 0.25) is 0 Å². The predicted molar refractivity (Wildman–Crippen MR) is 288 cm³/mol. The quantitative estimate of drug-likeness (QED) is 0.0262. The van der Waals surface area contributed by atoms with Gasteiger partial charge in [0.25, 0.3) is 0 Å². The average Bonchev–Trinajstić information content (AvgIpc) is 3.33. The van der Waals surface area contributed by atoms with Crippen LogP contribution in [0.1, 0.15) is 188 Å². The van der Waals surface area contributed by atoms with Gasteiger partial charge in [-0.05, 0) is 109 Å². The molecule has 0 rings (SSSR count). The number of esters is 3. The maximum atomic E-state index is 12.7. The second-order valence-corrected chi connectivity index (χ2v) is 16.3. The van der Waals surface area contributed by atoms with Crippen LogP contribution in [0.4, 0.5) is 0 Å². The predicted octanol–water partition coefficient (Wildman–Crippen LogP) is 17.4. The molecule has 0 radical (unpaired) electrons. The topological polar surface area (TPSA) is 78.9 Å². The zero-order valence-electron chi connectivity index (χ0n) is 42.3. The van der Waals surface area contributed by atoms with Crippen LogP contribution in [0.15, 0.2) is 158 Å². The van der Waals surface area contributed by atoms with E-state index in [-0.39, 0.29) is 31.6 Å². The molecule has 0 saturated carbocycles. The van der Waals surface area contributed by atoms with Crippen molar-refractivity contribution in [1.82, 2.24) is 0 Å². The molecule has 0 bridgehead atoms. The average molecular weight is 921 g/mol. The molecule has 0 aromatic rings. The minimum atomic E-state index is -0.846. The number of carbonyl (C=O) groups is 3. The summed E-state index contributed by atoms with van der Waals surface area (Å²) in [5.41, 5.74) is 0. The fraction of sp³-hybridized carbons (Fsp3) is 0.525. The summed E-state index contributed by atoms with van der Waals surface area (Å²) < 4.78 is 16.5. The molecule has 0 spiro atoms. The van der Waals surface area contributed by atoms with Gasteiger partial charge >= 0.3 is 17.9 Å².